The quantitative estimate of drug-likeness (QED) is 0.777. The summed E-state index contributed by atoms with van der Waals surface area (Å²) in [6, 6.07) is 8.85. The van der Waals surface area contributed by atoms with Crippen LogP contribution in [0.4, 0.5) is 8.78 Å². The van der Waals surface area contributed by atoms with E-state index in [0.29, 0.717) is 12.2 Å². The van der Waals surface area contributed by atoms with Crippen molar-refractivity contribution in [2.75, 3.05) is 0 Å². The first-order valence-electron chi connectivity index (χ1n) is 5.30. The van der Waals surface area contributed by atoms with E-state index in [1.165, 1.54) is 0 Å². The fraction of sp³-hybridized carbons (Fsp3) is 0.0714. The molecule has 0 atom stereocenters. The van der Waals surface area contributed by atoms with Gasteiger partial charge in [-0.1, -0.05) is 23.7 Å². The van der Waals surface area contributed by atoms with Crippen molar-refractivity contribution in [2.45, 2.75) is 6.42 Å². The van der Waals surface area contributed by atoms with E-state index in [0.717, 1.165) is 17.7 Å². The summed E-state index contributed by atoms with van der Waals surface area (Å²) < 4.78 is 32.1. The van der Waals surface area contributed by atoms with Gasteiger partial charge in [-0.25, -0.2) is 8.78 Å². The summed E-state index contributed by atoms with van der Waals surface area (Å²) >= 11 is 5.52. The van der Waals surface area contributed by atoms with Gasteiger partial charge in [0, 0.05) is 5.02 Å². The highest BCUT2D eigenvalue weighted by Gasteiger charge is 2.13. The van der Waals surface area contributed by atoms with Crippen molar-refractivity contribution in [3.05, 3.63) is 65.5 Å². The zero-order valence-electron chi connectivity index (χ0n) is 9.42. The Morgan fingerprint density at radius 3 is 2.11 bits per heavy atom. The zero-order chi connectivity index (χ0) is 13.1. The Balaban J connectivity index is 2.28. The van der Waals surface area contributed by atoms with E-state index in [9.17, 15) is 8.78 Å². The second-order valence-corrected chi connectivity index (χ2v) is 4.13. The van der Waals surface area contributed by atoms with Crippen LogP contribution in [0, 0.1) is 18.6 Å². The molecule has 1 nitrogen and oxygen atoms in total. The van der Waals surface area contributed by atoms with E-state index in [1.807, 2.05) is 0 Å². The first kappa shape index (κ1) is 12.8. The first-order chi connectivity index (χ1) is 8.60. The van der Waals surface area contributed by atoms with Crippen LogP contribution in [0.5, 0.6) is 11.5 Å². The molecule has 0 unspecified atom stereocenters. The minimum absolute atomic E-state index is 0.00949. The highest BCUT2D eigenvalue weighted by atomic mass is 35.5. The van der Waals surface area contributed by atoms with Gasteiger partial charge in [0.25, 0.3) is 0 Å². The summed E-state index contributed by atoms with van der Waals surface area (Å²) in [7, 11) is 0. The molecule has 4 heteroatoms. The van der Waals surface area contributed by atoms with E-state index < -0.39 is 17.4 Å². The molecule has 0 amide bonds. The van der Waals surface area contributed by atoms with Crippen molar-refractivity contribution >= 4 is 11.6 Å². The second kappa shape index (κ2) is 5.36. The molecule has 0 aliphatic rings. The van der Waals surface area contributed by atoms with Crippen molar-refractivity contribution < 1.29 is 13.5 Å². The van der Waals surface area contributed by atoms with Crippen LogP contribution in [0.2, 0.25) is 5.02 Å². The average Bonchev–Trinajstić information content (AvgIpc) is 2.34. The molecule has 2 aromatic carbocycles. The van der Waals surface area contributed by atoms with Gasteiger partial charge in [0.15, 0.2) is 17.4 Å². The van der Waals surface area contributed by atoms with Crippen molar-refractivity contribution in [1.29, 1.82) is 0 Å². The molecule has 0 N–H and O–H groups in total. The van der Waals surface area contributed by atoms with Gasteiger partial charge >= 0.3 is 0 Å². The maximum atomic E-state index is 13.5. The van der Waals surface area contributed by atoms with E-state index in [1.54, 1.807) is 24.3 Å². The highest BCUT2D eigenvalue weighted by molar-refractivity contribution is 6.30. The van der Waals surface area contributed by atoms with Gasteiger partial charge in [0.05, 0.1) is 0 Å². The summed E-state index contributed by atoms with van der Waals surface area (Å²) in [5, 5.41) is -0.00949. The standard InChI is InChI=1S/C14H10ClF2O/c1-2-9-3-5-11(6-4-9)18-14-12(16)7-10(15)8-13(14)17/h3-8H,1-2H2. The molecule has 18 heavy (non-hydrogen) atoms. The van der Waals surface area contributed by atoms with Crippen molar-refractivity contribution in [3.63, 3.8) is 0 Å². The monoisotopic (exact) mass is 267 g/mol. The van der Waals surface area contributed by atoms with Crippen molar-refractivity contribution in [3.8, 4) is 11.5 Å². The molecule has 0 saturated heterocycles. The molecule has 1 radical (unpaired) electrons. The minimum Gasteiger partial charge on any atom is -0.451 e. The van der Waals surface area contributed by atoms with Crippen LogP contribution in [0.3, 0.4) is 0 Å². The van der Waals surface area contributed by atoms with Gasteiger partial charge < -0.3 is 4.74 Å². The van der Waals surface area contributed by atoms with Crippen LogP contribution in [0.15, 0.2) is 36.4 Å². The maximum absolute atomic E-state index is 13.5. The number of benzene rings is 2. The Bertz CT molecular complexity index is 529. The third kappa shape index (κ3) is 2.79. The Hall–Kier alpha value is -1.61. The third-order valence-electron chi connectivity index (χ3n) is 2.39. The predicted molar refractivity (Wildman–Crippen MR) is 66.9 cm³/mol. The van der Waals surface area contributed by atoms with E-state index in [2.05, 4.69) is 6.92 Å². The van der Waals surface area contributed by atoms with Crippen LogP contribution in [-0.2, 0) is 6.42 Å². The largest absolute Gasteiger partial charge is 0.451 e. The Kier molecular flexibility index (Phi) is 3.82. The van der Waals surface area contributed by atoms with Crippen molar-refractivity contribution in [1.82, 2.24) is 0 Å². The normalized spacial score (nSPS) is 10.4. The lowest BCUT2D eigenvalue weighted by molar-refractivity contribution is 0.407. The molecular weight excluding hydrogens is 258 g/mol. The SMILES string of the molecule is [CH2]Cc1ccc(Oc2c(F)cc(Cl)cc2F)cc1. The summed E-state index contributed by atoms with van der Waals surface area (Å²) in [5.41, 5.74) is 1.01. The molecule has 0 fully saturated rings. The van der Waals surface area contributed by atoms with Gasteiger partial charge in [-0.3, -0.25) is 0 Å². The van der Waals surface area contributed by atoms with Crippen molar-refractivity contribution in [2.24, 2.45) is 0 Å². The molecule has 0 saturated carbocycles. The fourth-order valence-corrected chi connectivity index (χ4v) is 1.66. The number of hydrogen-bond donors (Lipinski definition) is 0. The molecule has 2 aromatic rings. The molecule has 0 heterocycles. The smallest absolute Gasteiger partial charge is 0.198 e. The minimum atomic E-state index is -0.832. The summed E-state index contributed by atoms with van der Waals surface area (Å²) in [6.07, 6.45) is 0.643. The summed E-state index contributed by atoms with van der Waals surface area (Å²) in [5.74, 6) is -1.77. The summed E-state index contributed by atoms with van der Waals surface area (Å²) in [6.45, 7) is 3.73. The average molecular weight is 268 g/mol. The topological polar surface area (TPSA) is 9.23 Å². The van der Waals surface area contributed by atoms with Crippen LogP contribution in [0.1, 0.15) is 5.56 Å². The summed E-state index contributed by atoms with van der Waals surface area (Å²) in [4.78, 5) is 0. The lowest BCUT2D eigenvalue weighted by Gasteiger charge is -2.08. The first-order valence-corrected chi connectivity index (χ1v) is 5.68. The molecule has 0 bridgehead atoms. The van der Waals surface area contributed by atoms with Crippen LogP contribution < -0.4 is 4.74 Å². The molecule has 0 aromatic heterocycles. The molecule has 93 valence electrons. The van der Waals surface area contributed by atoms with E-state index >= 15 is 0 Å². The van der Waals surface area contributed by atoms with Gasteiger partial charge in [-0.2, -0.15) is 0 Å². The van der Waals surface area contributed by atoms with Crippen LogP contribution in [-0.4, -0.2) is 0 Å². The molecule has 0 aliphatic heterocycles. The van der Waals surface area contributed by atoms with Crippen LogP contribution >= 0.6 is 11.6 Å². The van der Waals surface area contributed by atoms with E-state index in [4.69, 9.17) is 16.3 Å². The number of halogens is 3. The number of rotatable bonds is 3. The Morgan fingerprint density at radius 1 is 1.06 bits per heavy atom. The number of ether oxygens (including phenoxy) is 1. The molecule has 0 spiro atoms. The van der Waals surface area contributed by atoms with Crippen LogP contribution in [0.25, 0.3) is 0 Å². The molecule has 2 rings (SSSR count). The van der Waals surface area contributed by atoms with Gasteiger partial charge in [0.2, 0.25) is 0 Å². The fourth-order valence-electron chi connectivity index (χ4n) is 1.47. The third-order valence-corrected chi connectivity index (χ3v) is 2.61. The lowest BCUT2D eigenvalue weighted by Crippen LogP contribution is -1.93. The molecular formula is C14H10ClF2O. The predicted octanol–water partition coefficient (Wildman–Crippen LogP) is 4.79. The lowest BCUT2D eigenvalue weighted by atomic mass is 10.2. The van der Waals surface area contributed by atoms with Gasteiger partial charge in [0.1, 0.15) is 5.75 Å². The highest BCUT2D eigenvalue weighted by Crippen LogP contribution is 2.30. The van der Waals surface area contributed by atoms with Gasteiger partial charge in [-0.05, 0) is 43.2 Å². The maximum Gasteiger partial charge on any atom is 0.198 e. The number of hydrogen-bond acceptors (Lipinski definition) is 1. The second-order valence-electron chi connectivity index (χ2n) is 3.69. The van der Waals surface area contributed by atoms with E-state index in [-0.39, 0.29) is 5.02 Å². The molecule has 0 aliphatic carbocycles. The Labute approximate surface area is 109 Å². The zero-order valence-corrected chi connectivity index (χ0v) is 10.2. The van der Waals surface area contributed by atoms with Gasteiger partial charge in [-0.15, -0.1) is 0 Å². The Morgan fingerprint density at radius 2 is 1.61 bits per heavy atom.